The Morgan fingerprint density at radius 3 is 2.61 bits per heavy atom. The van der Waals surface area contributed by atoms with E-state index in [0.29, 0.717) is 5.56 Å². The quantitative estimate of drug-likeness (QED) is 0.564. The van der Waals surface area contributed by atoms with Gasteiger partial charge in [0.2, 0.25) is 11.2 Å². The summed E-state index contributed by atoms with van der Waals surface area (Å²) >= 11 is 0. The van der Waals surface area contributed by atoms with Crippen LogP contribution in [0.5, 0.6) is 0 Å². The van der Waals surface area contributed by atoms with Gasteiger partial charge in [-0.3, -0.25) is 0 Å². The summed E-state index contributed by atoms with van der Waals surface area (Å²) in [6, 6.07) is 17.7. The lowest BCUT2D eigenvalue weighted by molar-refractivity contribution is -0.660. The van der Waals surface area contributed by atoms with Crippen molar-refractivity contribution in [1.82, 2.24) is 0 Å². The van der Waals surface area contributed by atoms with Gasteiger partial charge in [-0.15, -0.1) is 0 Å². The molecule has 3 aromatic rings. The Bertz CT molecular complexity index is 970. The van der Waals surface area contributed by atoms with E-state index in [2.05, 4.69) is 16.7 Å². The number of halogens is 1. The first-order valence-corrected chi connectivity index (χ1v) is 8.25. The fourth-order valence-corrected chi connectivity index (χ4v) is 4.18. The topological polar surface area (TPSA) is 3.88 Å². The first-order valence-electron chi connectivity index (χ1n) is 8.25. The van der Waals surface area contributed by atoms with E-state index in [1.54, 1.807) is 11.6 Å². The van der Waals surface area contributed by atoms with E-state index >= 15 is 0 Å². The molecule has 0 N–H and O–H groups in total. The van der Waals surface area contributed by atoms with Gasteiger partial charge in [-0.25, -0.2) is 4.39 Å². The number of nitrogens with zero attached hydrogens (tertiary/aromatic N) is 1. The third-order valence-electron chi connectivity index (χ3n) is 5.21. The fraction of sp³-hybridized carbons (Fsp3) is 0.190. The Morgan fingerprint density at radius 2 is 1.74 bits per heavy atom. The van der Waals surface area contributed by atoms with Crippen LogP contribution in [0.25, 0.3) is 27.6 Å². The number of aromatic nitrogens is 1. The molecule has 1 aliphatic heterocycles. The zero-order valence-corrected chi connectivity index (χ0v) is 12.8. The normalized spacial score (nSPS) is 16.0. The lowest BCUT2D eigenvalue weighted by atomic mass is 9.99. The molecule has 2 heteroatoms. The molecule has 0 saturated carbocycles. The standard InChI is InChI=1S/C21H17FN/c22-18-10-12-20-17(21(18)14-5-2-1-3-6-14)9-11-19-16-8-4-7-15(16)13-23(19)20/h1-3,5-6,9-12H,4,7-8,13H2/q+1. The molecule has 0 bridgehead atoms. The van der Waals surface area contributed by atoms with E-state index < -0.39 is 0 Å². The van der Waals surface area contributed by atoms with Crippen LogP contribution >= 0.6 is 0 Å². The summed E-state index contributed by atoms with van der Waals surface area (Å²) in [5.41, 5.74) is 7.22. The van der Waals surface area contributed by atoms with Crippen LogP contribution in [0.2, 0.25) is 0 Å². The molecule has 5 rings (SSSR count). The largest absolute Gasteiger partial charge is 0.214 e. The van der Waals surface area contributed by atoms with E-state index in [0.717, 1.165) is 23.0 Å². The summed E-state index contributed by atoms with van der Waals surface area (Å²) in [5, 5.41) is 1.00. The van der Waals surface area contributed by atoms with E-state index in [9.17, 15) is 4.39 Å². The van der Waals surface area contributed by atoms with Crippen molar-refractivity contribution < 1.29 is 8.96 Å². The van der Waals surface area contributed by atoms with Crippen molar-refractivity contribution in [2.75, 3.05) is 0 Å². The highest BCUT2D eigenvalue weighted by atomic mass is 19.1. The number of allylic oxidation sites excluding steroid dienone is 2. The molecule has 1 aliphatic carbocycles. The Hall–Kier alpha value is -2.48. The van der Waals surface area contributed by atoms with Crippen LogP contribution in [0.3, 0.4) is 0 Å². The van der Waals surface area contributed by atoms with Gasteiger partial charge in [0.05, 0.1) is 5.39 Å². The van der Waals surface area contributed by atoms with Crippen molar-refractivity contribution in [3.63, 3.8) is 0 Å². The fourth-order valence-electron chi connectivity index (χ4n) is 4.18. The molecule has 0 radical (unpaired) electrons. The van der Waals surface area contributed by atoms with Crippen LogP contribution in [0.1, 0.15) is 25.0 Å². The van der Waals surface area contributed by atoms with Crippen LogP contribution in [-0.4, -0.2) is 0 Å². The van der Waals surface area contributed by atoms with Gasteiger partial charge in [0, 0.05) is 28.8 Å². The smallest absolute Gasteiger partial charge is 0.206 e. The maximum Gasteiger partial charge on any atom is 0.214 e. The Morgan fingerprint density at radius 1 is 0.870 bits per heavy atom. The molecular weight excluding hydrogens is 285 g/mol. The lowest BCUT2D eigenvalue weighted by Crippen LogP contribution is -2.35. The molecule has 0 amide bonds. The van der Waals surface area contributed by atoms with Gasteiger partial charge < -0.3 is 0 Å². The van der Waals surface area contributed by atoms with Gasteiger partial charge in [0.25, 0.3) is 0 Å². The summed E-state index contributed by atoms with van der Waals surface area (Å²) in [6.07, 6.45) is 3.68. The third kappa shape index (κ3) is 1.81. The van der Waals surface area contributed by atoms with Gasteiger partial charge in [-0.05, 0) is 37.0 Å². The zero-order chi connectivity index (χ0) is 15.4. The molecule has 0 atom stereocenters. The minimum absolute atomic E-state index is 0.150. The average molecular weight is 302 g/mol. The molecule has 0 saturated heterocycles. The number of pyridine rings is 1. The second-order valence-corrected chi connectivity index (χ2v) is 6.46. The van der Waals surface area contributed by atoms with Crippen molar-refractivity contribution >= 4 is 16.5 Å². The summed E-state index contributed by atoms with van der Waals surface area (Å²) < 4.78 is 16.9. The van der Waals surface area contributed by atoms with Gasteiger partial charge in [0.1, 0.15) is 5.82 Å². The molecule has 0 spiro atoms. The second kappa shape index (κ2) is 4.76. The van der Waals surface area contributed by atoms with E-state index in [4.69, 9.17) is 0 Å². The van der Waals surface area contributed by atoms with Crippen LogP contribution in [0, 0.1) is 5.82 Å². The SMILES string of the molecule is Fc1ccc2c(ccc3[n+]2CC2=C3CCC2)c1-c1ccccc1. The molecule has 0 fully saturated rings. The Kier molecular flexibility index (Phi) is 2.69. The van der Waals surface area contributed by atoms with Crippen LogP contribution < -0.4 is 4.57 Å². The maximum atomic E-state index is 14.6. The molecule has 23 heavy (non-hydrogen) atoms. The number of rotatable bonds is 1. The van der Waals surface area contributed by atoms with Crippen molar-refractivity contribution in [2.45, 2.75) is 25.8 Å². The van der Waals surface area contributed by atoms with Crippen molar-refractivity contribution in [3.8, 4) is 11.1 Å². The first kappa shape index (κ1) is 13.0. The highest BCUT2D eigenvalue weighted by Crippen LogP contribution is 2.38. The lowest BCUT2D eigenvalue weighted by Gasteiger charge is -2.09. The van der Waals surface area contributed by atoms with Crippen LogP contribution in [-0.2, 0) is 6.54 Å². The van der Waals surface area contributed by atoms with Crippen LogP contribution in [0.15, 0.2) is 60.2 Å². The third-order valence-corrected chi connectivity index (χ3v) is 5.21. The zero-order valence-electron chi connectivity index (χ0n) is 12.8. The summed E-state index contributed by atoms with van der Waals surface area (Å²) in [6.45, 7) is 0.974. The number of fused-ring (bicyclic) bond motifs is 4. The number of hydrogen-bond donors (Lipinski definition) is 0. The molecule has 0 unspecified atom stereocenters. The number of hydrogen-bond acceptors (Lipinski definition) is 0. The van der Waals surface area contributed by atoms with Crippen molar-refractivity contribution in [1.29, 1.82) is 0 Å². The molecular formula is C21H17FN+. The van der Waals surface area contributed by atoms with Gasteiger partial charge in [0.15, 0.2) is 6.54 Å². The minimum Gasteiger partial charge on any atom is -0.206 e. The Balaban J connectivity index is 1.80. The summed E-state index contributed by atoms with van der Waals surface area (Å²) in [7, 11) is 0. The van der Waals surface area contributed by atoms with E-state index in [-0.39, 0.29) is 5.82 Å². The molecule has 1 nitrogen and oxygen atoms in total. The highest BCUT2D eigenvalue weighted by molar-refractivity contribution is 5.94. The monoisotopic (exact) mass is 302 g/mol. The minimum atomic E-state index is -0.150. The predicted octanol–water partition coefficient (Wildman–Crippen LogP) is 4.88. The van der Waals surface area contributed by atoms with Gasteiger partial charge >= 0.3 is 0 Å². The molecule has 2 aliphatic rings. The molecule has 2 aromatic carbocycles. The molecule has 112 valence electrons. The van der Waals surface area contributed by atoms with Crippen molar-refractivity contribution in [3.05, 3.63) is 71.7 Å². The molecule has 2 heterocycles. The summed E-state index contributed by atoms with van der Waals surface area (Å²) in [4.78, 5) is 0. The summed E-state index contributed by atoms with van der Waals surface area (Å²) in [5.74, 6) is -0.150. The second-order valence-electron chi connectivity index (χ2n) is 6.46. The maximum absolute atomic E-state index is 14.6. The Labute approximate surface area is 134 Å². The van der Waals surface area contributed by atoms with Crippen molar-refractivity contribution in [2.24, 2.45) is 0 Å². The van der Waals surface area contributed by atoms with Gasteiger partial charge in [-0.1, -0.05) is 30.3 Å². The first-order chi connectivity index (χ1) is 11.3. The molecule has 1 aromatic heterocycles. The number of benzene rings is 2. The highest BCUT2D eigenvalue weighted by Gasteiger charge is 2.33. The predicted molar refractivity (Wildman–Crippen MR) is 90.3 cm³/mol. The van der Waals surface area contributed by atoms with E-state index in [1.165, 1.54) is 30.5 Å². The van der Waals surface area contributed by atoms with Gasteiger partial charge in [-0.2, -0.15) is 4.57 Å². The van der Waals surface area contributed by atoms with E-state index in [1.807, 2.05) is 36.4 Å². The van der Waals surface area contributed by atoms with Crippen LogP contribution in [0.4, 0.5) is 4.39 Å². The average Bonchev–Trinajstić information content (AvgIpc) is 3.16.